The van der Waals surface area contributed by atoms with Crippen LogP contribution in [0, 0.1) is 0 Å². The summed E-state index contributed by atoms with van der Waals surface area (Å²) in [5.41, 5.74) is 5.35. The van der Waals surface area contributed by atoms with E-state index in [0.29, 0.717) is 0 Å². The van der Waals surface area contributed by atoms with Crippen LogP contribution in [0.2, 0.25) is 0 Å². The molecule has 25 heavy (non-hydrogen) atoms. The third-order valence-electron chi connectivity index (χ3n) is 4.94. The van der Waals surface area contributed by atoms with Gasteiger partial charge in [-0.25, -0.2) is 0 Å². The summed E-state index contributed by atoms with van der Waals surface area (Å²) >= 11 is 1.95. The van der Waals surface area contributed by atoms with Crippen molar-refractivity contribution in [3.05, 3.63) is 58.9 Å². The molecular weight excluding hydrogens is 330 g/mol. The van der Waals surface area contributed by atoms with Crippen LogP contribution in [0.5, 0.6) is 0 Å². The molecule has 0 spiro atoms. The molecule has 3 heterocycles. The summed E-state index contributed by atoms with van der Waals surface area (Å²) in [6.07, 6.45) is 8.40. The highest BCUT2D eigenvalue weighted by atomic mass is 32.2. The standard InChI is InChI=1S/C21H25NO2S/c1-2-12-23-21(3-1)24-13-9-16-4-6-17(7-5-16)15-19-18-10-14-25-20(18)8-11-22-19/h4-8,11,21H,1-3,9-10,12-15H2. The minimum absolute atomic E-state index is 0.0112. The van der Waals surface area contributed by atoms with Gasteiger partial charge in [-0.05, 0) is 54.9 Å². The second-order valence-electron chi connectivity index (χ2n) is 6.74. The zero-order chi connectivity index (χ0) is 16.9. The highest BCUT2D eigenvalue weighted by molar-refractivity contribution is 7.99. The Morgan fingerprint density at radius 1 is 1.12 bits per heavy atom. The van der Waals surface area contributed by atoms with Crippen molar-refractivity contribution >= 4 is 11.8 Å². The van der Waals surface area contributed by atoms with Gasteiger partial charge in [-0.2, -0.15) is 0 Å². The molecule has 1 aromatic carbocycles. The number of thioether (sulfide) groups is 1. The first-order valence-electron chi connectivity index (χ1n) is 9.29. The van der Waals surface area contributed by atoms with Gasteiger partial charge in [0, 0.05) is 35.6 Å². The Hall–Kier alpha value is -1.36. The second-order valence-corrected chi connectivity index (χ2v) is 7.88. The maximum Gasteiger partial charge on any atom is 0.157 e. The first-order valence-corrected chi connectivity index (χ1v) is 10.3. The molecule has 0 N–H and O–H groups in total. The maximum absolute atomic E-state index is 5.83. The lowest BCUT2D eigenvalue weighted by molar-refractivity contribution is -0.161. The molecule has 2 aromatic rings. The smallest absolute Gasteiger partial charge is 0.157 e. The van der Waals surface area contributed by atoms with Gasteiger partial charge >= 0.3 is 0 Å². The average Bonchev–Trinajstić information content (AvgIpc) is 3.14. The van der Waals surface area contributed by atoms with Crippen molar-refractivity contribution in [3.63, 3.8) is 0 Å². The predicted molar refractivity (Wildman–Crippen MR) is 101 cm³/mol. The molecule has 4 heteroatoms. The Bertz CT molecular complexity index is 696. The summed E-state index contributed by atoms with van der Waals surface area (Å²) in [6.45, 7) is 1.57. The number of rotatable bonds is 6. The van der Waals surface area contributed by atoms with E-state index in [1.165, 1.54) is 45.9 Å². The van der Waals surface area contributed by atoms with Crippen LogP contribution in [0.4, 0.5) is 0 Å². The summed E-state index contributed by atoms with van der Waals surface area (Å²) in [7, 11) is 0. The molecule has 0 bridgehead atoms. The van der Waals surface area contributed by atoms with Crippen LogP contribution >= 0.6 is 11.8 Å². The lowest BCUT2D eigenvalue weighted by Gasteiger charge is -2.22. The van der Waals surface area contributed by atoms with E-state index in [9.17, 15) is 0 Å². The zero-order valence-corrected chi connectivity index (χ0v) is 15.4. The molecule has 1 fully saturated rings. The first kappa shape index (κ1) is 17.1. The molecule has 0 saturated carbocycles. The molecule has 4 rings (SSSR count). The Balaban J connectivity index is 1.30. The predicted octanol–water partition coefficient (Wildman–Crippen LogP) is 4.41. The van der Waals surface area contributed by atoms with E-state index in [1.54, 1.807) is 0 Å². The monoisotopic (exact) mass is 355 g/mol. The molecule has 3 nitrogen and oxygen atoms in total. The Labute approximate surface area is 154 Å². The largest absolute Gasteiger partial charge is 0.353 e. The number of hydrogen-bond acceptors (Lipinski definition) is 4. The summed E-state index contributed by atoms with van der Waals surface area (Å²) in [4.78, 5) is 6.04. The number of nitrogens with zero attached hydrogens (tertiary/aromatic N) is 1. The minimum atomic E-state index is 0.0112. The highest BCUT2D eigenvalue weighted by Gasteiger charge is 2.16. The van der Waals surface area contributed by atoms with Crippen molar-refractivity contribution < 1.29 is 9.47 Å². The van der Waals surface area contributed by atoms with E-state index in [0.717, 1.165) is 38.9 Å². The topological polar surface area (TPSA) is 31.4 Å². The molecule has 1 aromatic heterocycles. The van der Waals surface area contributed by atoms with Crippen molar-refractivity contribution in [1.82, 2.24) is 4.98 Å². The van der Waals surface area contributed by atoms with E-state index >= 15 is 0 Å². The third-order valence-corrected chi connectivity index (χ3v) is 6.04. The molecule has 132 valence electrons. The number of aromatic nitrogens is 1. The van der Waals surface area contributed by atoms with Crippen LogP contribution in [0.25, 0.3) is 0 Å². The van der Waals surface area contributed by atoms with Crippen molar-refractivity contribution in [2.24, 2.45) is 0 Å². The molecule has 1 saturated heterocycles. The van der Waals surface area contributed by atoms with Crippen LogP contribution in [-0.2, 0) is 28.7 Å². The summed E-state index contributed by atoms with van der Waals surface area (Å²) < 4.78 is 11.4. The molecule has 0 radical (unpaired) electrons. The van der Waals surface area contributed by atoms with Crippen molar-refractivity contribution in [2.45, 2.75) is 49.7 Å². The lowest BCUT2D eigenvalue weighted by Crippen LogP contribution is -2.23. The molecule has 0 aliphatic carbocycles. The maximum atomic E-state index is 5.83. The minimum Gasteiger partial charge on any atom is -0.353 e. The van der Waals surface area contributed by atoms with Crippen LogP contribution in [-0.4, -0.2) is 30.2 Å². The van der Waals surface area contributed by atoms with Crippen molar-refractivity contribution in [1.29, 1.82) is 0 Å². The van der Waals surface area contributed by atoms with Gasteiger partial charge in [0.15, 0.2) is 6.29 Å². The lowest BCUT2D eigenvalue weighted by atomic mass is 10.0. The van der Waals surface area contributed by atoms with Crippen molar-refractivity contribution in [2.75, 3.05) is 19.0 Å². The Morgan fingerprint density at radius 3 is 2.84 bits per heavy atom. The van der Waals surface area contributed by atoms with Gasteiger partial charge in [0.25, 0.3) is 0 Å². The normalized spacial score (nSPS) is 19.8. The zero-order valence-electron chi connectivity index (χ0n) is 14.6. The summed E-state index contributed by atoms with van der Waals surface area (Å²) in [5, 5.41) is 0. The third kappa shape index (κ3) is 4.43. The van der Waals surface area contributed by atoms with Gasteiger partial charge in [-0.3, -0.25) is 4.98 Å². The van der Waals surface area contributed by atoms with Gasteiger partial charge in [0.1, 0.15) is 0 Å². The van der Waals surface area contributed by atoms with Crippen LogP contribution < -0.4 is 0 Å². The highest BCUT2D eigenvalue weighted by Crippen LogP contribution is 2.33. The molecule has 2 aliphatic rings. The molecule has 0 amide bonds. The fourth-order valence-corrected chi connectivity index (χ4v) is 4.58. The van der Waals surface area contributed by atoms with Crippen LogP contribution in [0.1, 0.15) is 41.6 Å². The fraction of sp³-hybridized carbons (Fsp3) is 0.476. The fourth-order valence-electron chi connectivity index (χ4n) is 3.50. The van der Waals surface area contributed by atoms with E-state index in [2.05, 4.69) is 35.3 Å². The van der Waals surface area contributed by atoms with E-state index in [1.807, 2.05) is 18.0 Å². The van der Waals surface area contributed by atoms with E-state index in [-0.39, 0.29) is 6.29 Å². The Morgan fingerprint density at radius 2 is 2.00 bits per heavy atom. The molecular formula is C21H25NO2S. The van der Waals surface area contributed by atoms with Crippen molar-refractivity contribution in [3.8, 4) is 0 Å². The van der Waals surface area contributed by atoms with Crippen LogP contribution in [0.3, 0.4) is 0 Å². The SMILES string of the molecule is c1cc2c(c(Cc3ccc(CCOC4CCCCO4)cc3)n1)CCS2. The quantitative estimate of drug-likeness (QED) is 0.768. The second kappa shape index (κ2) is 8.35. The van der Waals surface area contributed by atoms with Gasteiger partial charge in [-0.1, -0.05) is 24.3 Å². The Kier molecular flexibility index (Phi) is 5.70. The molecule has 1 atom stereocenters. The first-order chi connectivity index (χ1) is 12.4. The number of pyridine rings is 1. The van der Waals surface area contributed by atoms with Gasteiger partial charge in [0.2, 0.25) is 0 Å². The van der Waals surface area contributed by atoms with Crippen LogP contribution in [0.15, 0.2) is 41.4 Å². The molecule has 2 aliphatic heterocycles. The average molecular weight is 356 g/mol. The number of hydrogen-bond donors (Lipinski definition) is 0. The van der Waals surface area contributed by atoms with E-state index < -0.39 is 0 Å². The van der Waals surface area contributed by atoms with Gasteiger partial charge in [-0.15, -0.1) is 11.8 Å². The van der Waals surface area contributed by atoms with Gasteiger partial charge in [0.05, 0.1) is 6.61 Å². The molecule has 1 unspecified atom stereocenters. The van der Waals surface area contributed by atoms with E-state index in [4.69, 9.17) is 9.47 Å². The summed E-state index contributed by atoms with van der Waals surface area (Å²) in [6, 6.07) is 11.1. The number of ether oxygens (including phenoxy) is 2. The van der Waals surface area contributed by atoms with Gasteiger partial charge < -0.3 is 9.47 Å². The summed E-state index contributed by atoms with van der Waals surface area (Å²) in [5.74, 6) is 1.19. The number of benzene rings is 1. The number of fused-ring (bicyclic) bond motifs is 1.